The van der Waals surface area contributed by atoms with E-state index in [1.165, 1.54) is 0 Å². The Bertz CT molecular complexity index is 606. The van der Waals surface area contributed by atoms with E-state index >= 15 is 0 Å². The summed E-state index contributed by atoms with van der Waals surface area (Å²) in [5, 5.41) is 1.30. The number of hydrogen-bond donors (Lipinski definition) is 0. The molecule has 2 aromatic rings. The van der Waals surface area contributed by atoms with Crippen LogP contribution in [0, 0.1) is 0 Å². The van der Waals surface area contributed by atoms with Crippen molar-refractivity contribution in [3.05, 3.63) is 35.0 Å². The van der Waals surface area contributed by atoms with Crippen LogP contribution >= 0.6 is 11.6 Å². The quantitative estimate of drug-likeness (QED) is 0.614. The number of fused-ring (bicyclic) bond motifs is 1. The Morgan fingerprint density at radius 3 is 2.67 bits per heavy atom. The number of halogens is 1. The van der Waals surface area contributed by atoms with Gasteiger partial charge in [0, 0.05) is 18.5 Å². The number of rotatable bonds is 2. The van der Waals surface area contributed by atoms with Crippen LogP contribution in [0.25, 0.3) is 10.9 Å². The second-order valence-electron chi connectivity index (χ2n) is 4.49. The molecule has 0 amide bonds. The Labute approximate surface area is 110 Å². The minimum Gasteiger partial charge on any atom is -0.370 e. The lowest BCUT2D eigenvalue weighted by Gasteiger charge is -2.22. The lowest BCUT2D eigenvalue weighted by atomic mass is 10.1. The van der Waals surface area contributed by atoms with E-state index in [9.17, 15) is 4.79 Å². The van der Waals surface area contributed by atoms with Crippen molar-refractivity contribution in [3.8, 4) is 0 Å². The molecule has 0 unspecified atom stereocenters. The average molecular weight is 261 g/mol. The van der Waals surface area contributed by atoms with E-state index in [1.54, 1.807) is 0 Å². The summed E-state index contributed by atoms with van der Waals surface area (Å²) in [6.45, 7) is 1.95. The summed E-state index contributed by atoms with van der Waals surface area (Å²) in [7, 11) is 0. The molecule has 0 bridgehead atoms. The second-order valence-corrected chi connectivity index (χ2v) is 4.85. The third kappa shape index (κ3) is 1.75. The molecule has 0 atom stereocenters. The van der Waals surface area contributed by atoms with Crippen molar-refractivity contribution in [1.82, 2.24) is 4.98 Å². The SMILES string of the molecule is O=Cc1c(Cl)nc2ccccc2c1N1CCCC1. The van der Waals surface area contributed by atoms with Crippen LogP contribution in [0.4, 0.5) is 5.69 Å². The van der Waals surface area contributed by atoms with Crippen LogP contribution in [0.15, 0.2) is 24.3 Å². The van der Waals surface area contributed by atoms with Crippen LogP contribution in [0.3, 0.4) is 0 Å². The Kier molecular flexibility index (Phi) is 2.92. The van der Waals surface area contributed by atoms with Gasteiger partial charge >= 0.3 is 0 Å². The molecular weight excluding hydrogens is 248 g/mol. The highest BCUT2D eigenvalue weighted by molar-refractivity contribution is 6.33. The van der Waals surface area contributed by atoms with E-state index in [2.05, 4.69) is 9.88 Å². The fraction of sp³-hybridized carbons (Fsp3) is 0.286. The molecule has 0 radical (unpaired) electrons. The number of para-hydroxylation sites is 1. The third-order valence-electron chi connectivity index (χ3n) is 3.40. The molecular formula is C14H13ClN2O. The highest BCUT2D eigenvalue weighted by atomic mass is 35.5. The van der Waals surface area contributed by atoms with Gasteiger partial charge < -0.3 is 4.90 Å². The highest BCUT2D eigenvalue weighted by Gasteiger charge is 2.21. The normalized spacial score (nSPS) is 15.3. The summed E-state index contributed by atoms with van der Waals surface area (Å²) < 4.78 is 0. The minimum atomic E-state index is 0.297. The van der Waals surface area contributed by atoms with Gasteiger partial charge in [0.25, 0.3) is 0 Å². The zero-order valence-corrected chi connectivity index (χ0v) is 10.7. The molecule has 92 valence electrons. The zero-order valence-electron chi connectivity index (χ0n) is 9.90. The zero-order chi connectivity index (χ0) is 12.5. The summed E-state index contributed by atoms with van der Waals surface area (Å²) in [5.74, 6) is 0. The number of aldehydes is 1. The molecule has 1 aliphatic rings. The Hall–Kier alpha value is -1.61. The Morgan fingerprint density at radius 2 is 1.94 bits per heavy atom. The highest BCUT2D eigenvalue weighted by Crippen LogP contribution is 2.34. The maximum absolute atomic E-state index is 11.3. The molecule has 1 aromatic carbocycles. The molecule has 1 fully saturated rings. The molecule has 4 heteroatoms. The molecule has 1 aliphatic heterocycles. The van der Waals surface area contributed by atoms with Crippen molar-refractivity contribution < 1.29 is 4.79 Å². The van der Waals surface area contributed by atoms with Crippen molar-refractivity contribution in [2.45, 2.75) is 12.8 Å². The maximum atomic E-state index is 11.3. The first kappa shape index (κ1) is 11.5. The van der Waals surface area contributed by atoms with Gasteiger partial charge in [0.2, 0.25) is 0 Å². The van der Waals surface area contributed by atoms with E-state index in [0.29, 0.717) is 10.7 Å². The lowest BCUT2D eigenvalue weighted by Crippen LogP contribution is -2.20. The Morgan fingerprint density at radius 1 is 1.22 bits per heavy atom. The number of nitrogens with zero attached hydrogens (tertiary/aromatic N) is 2. The molecule has 0 saturated carbocycles. The summed E-state index contributed by atoms with van der Waals surface area (Å²) in [5.41, 5.74) is 2.30. The first-order chi connectivity index (χ1) is 8.81. The fourth-order valence-electron chi connectivity index (χ4n) is 2.57. The molecule has 0 N–H and O–H groups in total. The number of benzene rings is 1. The summed E-state index contributed by atoms with van der Waals surface area (Å²) in [6, 6.07) is 7.82. The van der Waals surface area contributed by atoms with Crippen LogP contribution < -0.4 is 4.90 Å². The van der Waals surface area contributed by atoms with Crippen molar-refractivity contribution in [2.24, 2.45) is 0 Å². The van der Waals surface area contributed by atoms with Gasteiger partial charge in [0.1, 0.15) is 5.15 Å². The molecule has 0 aliphatic carbocycles. The fourth-order valence-corrected chi connectivity index (χ4v) is 2.79. The van der Waals surface area contributed by atoms with E-state index in [1.807, 2.05) is 24.3 Å². The molecule has 1 aromatic heterocycles. The number of anilines is 1. The monoisotopic (exact) mass is 260 g/mol. The van der Waals surface area contributed by atoms with E-state index in [4.69, 9.17) is 11.6 Å². The molecule has 3 rings (SSSR count). The van der Waals surface area contributed by atoms with E-state index in [-0.39, 0.29) is 0 Å². The first-order valence-corrected chi connectivity index (χ1v) is 6.47. The van der Waals surface area contributed by atoms with Gasteiger partial charge in [-0.15, -0.1) is 0 Å². The van der Waals surface area contributed by atoms with Gasteiger partial charge in [-0.05, 0) is 18.9 Å². The van der Waals surface area contributed by atoms with Crippen molar-refractivity contribution in [3.63, 3.8) is 0 Å². The number of pyridine rings is 1. The van der Waals surface area contributed by atoms with Gasteiger partial charge in [-0.1, -0.05) is 29.8 Å². The van der Waals surface area contributed by atoms with Gasteiger partial charge in [0.05, 0.1) is 16.8 Å². The first-order valence-electron chi connectivity index (χ1n) is 6.09. The lowest BCUT2D eigenvalue weighted by molar-refractivity contribution is 0.112. The average Bonchev–Trinajstić information content (AvgIpc) is 2.90. The molecule has 0 spiro atoms. The van der Waals surface area contributed by atoms with Crippen molar-refractivity contribution >= 4 is 34.5 Å². The van der Waals surface area contributed by atoms with Gasteiger partial charge in [0.15, 0.2) is 6.29 Å². The molecule has 2 heterocycles. The van der Waals surface area contributed by atoms with Crippen LogP contribution in [0.1, 0.15) is 23.2 Å². The third-order valence-corrected chi connectivity index (χ3v) is 3.68. The molecule has 3 nitrogen and oxygen atoms in total. The van der Waals surface area contributed by atoms with Crippen LogP contribution in [-0.2, 0) is 0 Å². The number of carbonyl (C=O) groups excluding carboxylic acids is 1. The second kappa shape index (κ2) is 4.58. The smallest absolute Gasteiger partial charge is 0.155 e. The van der Waals surface area contributed by atoms with Crippen molar-refractivity contribution in [2.75, 3.05) is 18.0 Å². The summed E-state index contributed by atoms with van der Waals surface area (Å²) >= 11 is 6.12. The topological polar surface area (TPSA) is 33.2 Å². The van der Waals surface area contributed by atoms with Gasteiger partial charge in [-0.3, -0.25) is 4.79 Å². The minimum absolute atomic E-state index is 0.297. The molecule has 1 saturated heterocycles. The van der Waals surface area contributed by atoms with Gasteiger partial charge in [-0.2, -0.15) is 0 Å². The molecule has 18 heavy (non-hydrogen) atoms. The van der Waals surface area contributed by atoms with Crippen LogP contribution in [0.2, 0.25) is 5.15 Å². The van der Waals surface area contributed by atoms with Crippen molar-refractivity contribution in [1.29, 1.82) is 0 Å². The predicted molar refractivity (Wildman–Crippen MR) is 73.6 cm³/mol. The summed E-state index contributed by atoms with van der Waals surface area (Å²) in [4.78, 5) is 17.8. The Balaban J connectivity index is 2.32. The number of carbonyl (C=O) groups is 1. The number of hydrogen-bond acceptors (Lipinski definition) is 3. The standard InChI is InChI=1S/C14H13ClN2O/c15-14-11(9-18)13(17-7-3-4-8-17)10-5-1-2-6-12(10)16-14/h1-2,5-6,9H,3-4,7-8H2. The van der Waals surface area contributed by atoms with Crippen LogP contribution in [-0.4, -0.2) is 24.4 Å². The predicted octanol–water partition coefficient (Wildman–Crippen LogP) is 3.30. The summed E-state index contributed by atoms with van der Waals surface area (Å²) in [6.07, 6.45) is 3.13. The maximum Gasteiger partial charge on any atom is 0.155 e. The number of aromatic nitrogens is 1. The van der Waals surface area contributed by atoms with E-state index < -0.39 is 0 Å². The van der Waals surface area contributed by atoms with Crippen LogP contribution in [0.5, 0.6) is 0 Å². The van der Waals surface area contributed by atoms with E-state index in [0.717, 1.165) is 48.8 Å². The van der Waals surface area contributed by atoms with Gasteiger partial charge in [-0.25, -0.2) is 4.98 Å². The largest absolute Gasteiger partial charge is 0.370 e.